The number of nitrogens with two attached hydrogens (primary N) is 1. The minimum Gasteiger partial charge on any atom is -0.480 e. The Kier molecular flexibility index (Phi) is 6.08. The standard InChI is InChI=1S/C14H17F3N2O2.ClH/c1-9(13(20)19-7-6-10(18)8-19)21-12-5-3-2-4-11(12)14(15,16)17;/h2-5,9-10H,6-8,18H2,1H3;1H. The molecule has 4 nitrogen and oxygen atoms in total. The summed E-state index contributed by atoms with van der Waals surface area (Å²) in [6, 6.07) is 4.78. The van der Waals surface area contributed by atoms with Crippen molar-refractivity contribution in [3.8, 4) is 5.75 Å². The van der Waals surface area contributed by atoms with Gasteiger partial charge in [0.15, 0.2) is 6.10 Å². The molecule has 2 rings (SSSR count). The highest BCUT2D eigenvalue weighted by atomic mass is 35.5. The third kappa shape index (κ3) is 4.27. The number of carbonyl (C=O) groups excluding carboxylic acids is 1. The van der Waals surface area contributed by atoms with E-state index in [1.54, 1.807) is 0 Å². The zero-order chi connectivity index (χ0) is 15.6. The van der Waals surface area contributed by atoms with E-state index in [2.05, 4.69) is 0 Å². The molecule has 1 aliphatic heterocycles. The Morgan fingerprint density at radius 1 is 1.41 bits per heavy atom. The molecule has 0 spiro atoms. The van der Waals surface area contributed by atoms with Crippen LogP contribution in [0.25, 0.3) is 0 Å². The molecule has 1 saturated heterocycles. The minimum absolute atomic E-state index is 0. The molecule has 0 radical (unpaired) electrons. The molecule has 0 bridgehead atoms. The lowest BCUT2D eigenvalue weighted by Crippen LogP contribution is -2.40. The summed E-state index contributed by atoms with van der Waals surface area (Å²) in [5.74, 6) is -0.686. The summed E-state index contributed by atoms with van der Waals surface area (Å²) in [4.78, 5) is 13.6. The molecule has 0 aromatic heterocycles. The molecule has 1 aromatic rings. The van der Waals surface area contributed by atoms with Gasteiger partial charge in [-0.15, -0.1) is 12.4 Å². The number of hydrogen-bond donors (Lipinski definition) is 1. The molecule has 2 N–H and O–H groups in total. The maximum absolute atomic E-state index is 12.9. The fraction of sp³-hybridized carbons (Fsp3) is 0.500. The van der Waals surface area contributed by atoms with E-state index in [1.807, 2.05) is 0 Å². The molecule has 1 amide bonds. The Bertz CT molecular complexity index is 525. The molecule has 1 heterocycles. The molecule has 2 unspecified atom stereocenters. The highest BCUT2D eigenvalue weighted by Crippen LogP contribution is 2.36. The van der Waals surface area contributed by atoms with Crippen molar-refractivity contribution in [1.29, 1.82) is 0 Å². The SMILES string of the molecule is CC(Oc1ccccc1C(F)(F)F)C(=O)N1CCC(N)C1.Cl. The van der Waals surface area contributed by atoms with Gasteiger partial charge in [0.1, 0.15) is 5.75 Å². The van der Waals surface area contributed by atoms with E-state index in [4.69, 9.17) is 10.5 Å². The molecule has 0 aliphatic carbocycles. The zero-order valence-electron chi connectivity index (χ0n) is 12.0. The quantitative estimate of drug-likeness (QED) is 0.921. The van der Waals surface area contributed by atoms with Gasteiger partial charge in [0.25, 0.3) is 5.91 Å². The lowest BCUT2D eigenvalue weighted by atomic mass is 10.2. The van der Waals surface area contributed by atoms with Crippen LogP contribution in [0, 0.1) is 0 Å². The molecule has 0 saturated carbocycles. The monoisotopic (exact) mass is 338 g/mol. The highest BCUT2D eigenvalue weighted by molar-refractivity contribution is 5.85. The van der Waals surface area contributed by atoms with Gasteiger partial charge in [-0.1, -0.05) is 12.1 Å². The number of halogens is 4. The summed E-state index contributed by atoms with van der Waals surface area (Å²) in [6.45, 7) is 2.36. The van der Waals surface area contributed by atoms with Crippen molar-refractivity contribution < 1.29 is 22.7 Å². The van der Waals surface area contributed by atoms with Crippen LogP contribution in [-0.4, -0.2) is 36.0 Å². The van der Waals surface area contributed by atoms with Gasteiger partial charge >= 0.3 is 6.18 Å². The summed E-state index contributed by atoms with van der Waals surface area (Å²) in [6.07, 6.45) is -4.81. The van der Waals surface area contributed by atoms with E-state index < -0.39 is 17.8 Å². The Balaban J connectivity index is 0.00000242. The van der Waals surface area contributed by atoms with Crippen molar-refractivity contribution in [2.45, 2.75) is 31.7 Å². The topological polar surface area (TPSA) is 55.6 Å². The van der Waals surface area contributed by atoms with Crippen molar-refractivity contribution in [2.75, 3.05) is 13.1 Å². The number of alkyl halides is 3. The molecular weight excluding hydrogens is 321 g/mol. The van der Waals surface area contributed by atoms with Crippen LogP contribution in [0.2, 0.25) is 0 Å². The van der Waals surface area contributed by atoms with Gasteiger partial charge in [-0.3, -0.25) is 4.79 Å². The van der Waals surface area contributed by atoms with E-state index in [0.717, 1.165) is 6.07 Å². The second-order valence-electron chi connectivity index (χ2n) is 5.09. The largest absolute Gasteiger partial charge is 0.480 e. The zero-order valence-corrected chi connectivity index (χ0v) is 12.8. The van der Waals surface area contributed by atoms with Crippen LogP contribution in [0.1, 0.15) is 18.9 Å². The predicted octanol–water partition coefficient (Wildman–Crippen LogP) is 2.45. The average molecular weight is 339 g/mol. The molecule has 8 heteroatoms. The van der Waals surface area contributed by atoms with Crippen LogP contribution in [0.4, 0.5) is 13.2 Å². The lowest BCUT2D eigenvalue weighted by molar-refractivity contribution is -0.143. The van der Waals surface area contributed by atoms with E-state index >= 15 is 0 Å². The van der Waals surface area contributed by atoms with Gasteiger partial charge < -0.3 is 15.4 Å². The molecule has 1 aromatic carbocycles. The third-order valence-corrected chi connectivity index (χ3v) is 3.38. The Labute approximate surface area is 132 Å². The normalized spacial score (nSPS) is 19.5. The number of amides is 1. The minimum atomic E-state index is -4.52. The molecule has 1 fully saturated rings. The van der Waals surface area contributed by atoms with Gasteiger partial charge in [0.05, 0.1) is 5.56 Å². The molecule has 22 heavy (non-hydrogen) atoms. The first kappa shape index (κ1) is 18.6. The summed E-state index contributed by atoms with van der Waals surface area (Å²) >= 11 is 0. The maximum atomic E-state index is 12.9. The predicted molar refractivity (Wildman–Crippen MR) is 78.0 cm³/mol. The number of carbonyl (C=O) groups is 1. The van der Waals surface area contributed by atoms with Crippen LogP contribution >= 0.6 is 12.4 Å². The van der Waals surface area contributed by atoms with Gasteiger partial charge in [0, 0.05) is 19.1 Å². The second-order valence-corrected chi connectivity index (χ2v) is 5.09. The maximum Gasteiger partial charge on any atom is 0.419 e. The van der Waals surface area contributed by atoms with Crippen molar-refractivity contribution in [3.05, 3.63) is 29.8 Å². The summed E-state index contributed by atoms with van der Waals surface area (Å²) < 4.78 is 43.8. The fourth-order valence-corrected chi connectivity index (χ4v) is 2.29. The average Bonchev–Trinajstić information content (AvgIpc) is 2.84. The van der Waals surface area contributed by atoms with Crippen LogP contribution in [-0.2, 0) is 11.0 Å². The van der Waals surface area contributed by atoms with Gasteiger partial charge in [-0.2, -0.15) is 13.2 Å². The van der Waals surface area contributed by atoms with E-state index in [0.29, 0.717) is 19.5 Å². The number of hydrogen-bond acceptors (Lipinski definition) is 3. The number of para-hydroxylation sites is 1. The smallest absolute Gasteiger partial charge is 0.419 e. The molecule has 124 valence electrons. The van der Waals surface area contributed by atoms with Crippen LogP contribution in [0.3, 0.4) is 0 Å². The van der Waals surface area contributed by atoms with Crippen molar-refractivity contribution in [1.82, 2.24) is 4.90 Å². The number of ether oxygens (including phenoxy) is 1. The van der Waals surface area contributed by atoms with Crippen molar-refractivity contribution >= 4 is 18.3 Å². The van der Waals surface area contributed by atoms with Crippen LogP contribution in [0.15, 0.2) is 24.3 Å². The van der Waals surface area contributed by atoms with E-state index in [1.165, 1.54) is 30.0 Å². The van der Waals surface area contributed by atoms with Crippen LogP contribution in [0.5, 0.6) is 5.75 Å². The molecule has 1 aliphatic rings. The van der Waals surface area contributed by atoms with Crippen LogP contribution < -0.4 is 10.5 Å². The fourth-order valence-electron chi connectivity index (χ4n) is 2.29. The molecule has 2 atom stereocenters. The summed E-state index contributed by atoms with van der Waals surface area (Å²) in [5, 5.41) is 0. The Morgan fingerprint density at radius 3 is 2.59 bits per heavy atom. The lowest BCUT2D eigenvalue weighted by Gasteiger charge is -2.23. The van der Waals surface area contributed by atoms with Crippen molar-refractivity contribution in [2.24, 2.45) is 5.73 Å². The second kappa shape index (κ2) is 7.19. The first-order chi connectivity index (χ1) is 9.79. The van der Waals surface area contributed by atoms with Gasteiger partial charge in [0.2, 0.25) is 0 Å². The van der Waals surface area contributed by atoms with E-state index in [9.17, 15) is 18.0 Å². The van der Waals surface area contributed by atoms with E-state index in [-0.39, 0.29) is 30.1 Å². The Morgan fingerprint density at radius 2 is 2.05 bits per heavy atom. The van der Waals surface area contributed by atoms with Crippen molar-refractivity contribution in [3.63, 3.8) is 0 Å². The molecular formula is C14H18ClF3N2O2. The summed E-state index contributed by atoms with van der Waals surface area (Å²) in [7, 11) is 0. The van der Waals surface area contributed by atoms with Gasteiger partial charge in [-0.05, 0) is 25.5 Å². The summed E-state index contributed by atoms with van der Waals surface area (Å²) in [5.41, 5.74) is 4.83. The first-order valence-corrected chi connectivity index (χ1v) is 6.66. The number of rotatable bonds is 3. The third-order valence-electron chi connectivity index (χ3n) is 3.38. The Hall–Kier alpha value is -1.47. The highest BCUT2D eigenvalue weighted by Gasteiger charge is 2.35. The number of nitrogens with zero attached hydrogens (tertiary/aromatic N) is 1. The van der Waals surface area contributed by atoms with Gasteiger partial charge in [-0.25, -0.2) is 0 Å². The number of likely N-dealkylation sites (tertiary alicyclic amines) is 1. The first-order valence-electron chi connectivity index (χ1n) is 6.66. The number of benzene rings is 1.